The number of tetrazole rings is 1. The molecule has 0 saturated carbocycles. The summed E-state index contributed by atoms with van der Waals surface area (Å²) in [6.45, 7) is 0. The van der Waals surface area contributed by atoms with Gasteiger partial charge in [0, 0.05) is 22.5 Å². The van der Waals surface area contributed by atoms with E-state index in [2.05, 4.69) is 25.9 Å². The largest absolute Gasteiger partial charge is 0.497 e. The van der Waals surface area contributed by atoms with Gasteiger partial charge in [-0.05, 0) is 30.0 Å². The van der Waals surface area contributed by atoms with Crippen LogP contribution in [0.4, 0.5) is 5.69 Å². The summed E-state index contributed by atoms with van der Waals surface area (Å²) >= 11 is 1.58. The Morgan fingerprint density at radius 2 is 2.30 bits per heavy atom. The van der Waals surface area contributed by atoms with E-state index in [1.54, 1.807) is 30.6 Å². The van der Waals surface area contributed by atoms with E-state index >= 15 is 0 Å². The standard InChI is InChI=1S/C15H15N5O2S/c1-22-11-5-2-4-10(8-11)16-15(21)13(14-17-19-20-18-14)9-12-6-3-7-23-12/h2-8,13H,9H2,1H3,(H2,16,17,18,19,20,21)/p-1/t13-/m1/s1. The molecule has 0 radical (unpaired) electrons. The summed E-state index contributed by atoms with van der Waals surface area (Å²) in [6.07, 6.45) is 0.501. The minimum absolute atomic E-state index is 0.207. The van der Waals surface area contributed by atoms with E-state index < -0.39 is 5.92 Å². The molecule has 7 nitrogen and oxygen atoms in total. The molecule has 2 heterocycles. The van der Waals surface area contributed by atoms with Crippen LogP contribution in [0.1, 0.15) is 16.6 Å². The van der Waals surface area contributed by atoms with E-state index in [-0.39, 0.29) is 5.91 Å². The highest BCUT2D eigenvalue weighted by Crippen LogP contribution is 2.23. The summed E-state index contributed by atoms with van der Waals surface area (Å²) in [6, 6.07) is 11.1. The third-order valence-corrected chi connectivity index (χ3v) is 4.18. The third-order valence-electron chi connectivity index (χ3n) is 3.29. The Balaban J connectivity index is 1.79. The Morgan fingerprint density at radius 1 is 1.39 bits per heavy atom. The molecule has 2 aromatic heterocycles. The summed E-state index contributed by atoms with van der Waals surface area (Å²) in [7, 11) is 1.58. The molecule has 0 aliphatic rings. The molecule has 0 spiro atoms. The number of nitrogens with one attached hydrogen (secondary N) is 1. The van der Waals surface area contributed by atoms with Crippen LogP contribution < -0.4 is 15.2 Å². The molecule has 1 aromatic carbocycles. The van der Waals surface area contributed by atoms with Crippen molar-refractivity contribution in [3.05, 3.63) is 52.5 Å². The molecule has 1 N–H and O–H groups in total. The van der Waals surface area contributed by atoms with Gasteiger partial charge in [0.1, 0.15) is 5.75 Å². The minimum atomic E-state index is -0.546. The lowest BCUT2D eigenvalue weighted by molar-refractivity contribution is -0.117. The number of methoxy groups -OCH3 is 1. The number of nitrogens with zero attached hydrogens (tertiary/aromatic N) is 4. The van der Waals surface area contributed by atoms with Crippen LogP contribution in [0.15, 0.2) is 41.8 Å². The van der Waals surface area contributed by atoms with E-state index in [0.717, 1.165) is 4.88 Å². The van der Waals surface area contributed by atoms with Crippen LogP contribution in [0.5, 0.6) is 5.75 Å². The van der Waals surface area contributed by atoms with Gasteiger partial charge in [-0.3, -0.25) is 15.1 Å². The van der Waals surface area contributed by atoms with Crippen LogP contribution in [-0.4, -0.2) is 28.5 Å². The Hall–Kier alpha value is -2.74. The molecule has 8 heteroatoms. The van der Waals surface area contributed by atoms with Crippen molar-refractivity contribution >= 4 is 22.9 Å². The number of hydrogen-bond donors (Lipinski definition) is 1. The SMILES string of the molecule is COc1cccc(NC(=O)[C@H](Cc2cccs2)c2nnn[n-]2)c1. The topological polar surface area (TPSA) is 91.1 Å². The van der Waals surface area contributed by atoms with Gasteiger partial charge in [0.25, 0.3) is 0 Å². The summed E-state index contributed by atoms with van der Waals surface area (Å²) in [4.78, 5) is 13.7. The molecule has 118 valence electrons. The van der Waals surface area contributed by atoms with Crippen molar-refractivity contribution in [1.82, 2.24) is 20.6 Å². The van der Waals surface area contributed by atoms with Crippen molar-refractivity contribution < 1.29 is 9.53 Å². The van der Waals surface area contributed by atoms with Gasteiger partial charge in [-0.1, -0.05) is 12.1 Å². The van der Waals surface area contributed by atoms with Crippen molar-refractivity contribution in [2.75, 3.05) is 12.4 Å². The summed E-state index contributed by atoms with van der Waals surface area (Å²) in [5.41, 5.74) is 0.651. The van der Waals surface area contributed by atoms with Crippen LogP contribution in [0.25, 0.3) is 0 Å². The molecular formula is C15H14N5O2S-. The number of amides is 1. The van der Waals surface area contributed by atoms with Crippen LogP contribution in [-0.2, 0) is 11.2 Å². The van der Waals surface area contributed by atoms with Gasteiger partial charge in [0.05, 0.1) is 13.0 Å². The predicted molar refractivity (Wildman–Crippen MR) is 85.5 cm³/mol. The molecule has 1 atom stereocenters. The Bertz CT molecular complexity index is 758. The zero-order valence-corrected chi connectivity index (χ0v) is 13.2. The lowest BCUT2D eigenvalue weighted by Crippen LogP contribution is -2.24. The first-order valence-corrected chi connectivity index (χ1v) is 7.80. The van der Waals surface area contributed by atoms with Crippen molar-refractivity contribution in [3.63, 3.8) is 0 Å². The number of thiophene rings is 1. The summed E-state index contributed by atoms with van der Waals surface area (Å²) in [5.74, 6) is 0.237. The van der Waals surface area contributed by atoms with Gasteiger partial charge in [-0.2, -0.15) is 5.21 Å². The molecule has 0 aliphatic heterocycles. The smallest absolute Gasteiger partial charge is 0.232 e. The van der Waals surface area contributed by atoms with Gasteiger partial charge >= 0.3 is 0 Å². The Morgan fingerprint density at radius 3 is 3.00 bits per heavy atom. The number of rotatable bonds is 6. The highest BCUT2D eigenvalue weighted by Gasteiger charge is 2.21. The van der Waals surface area contributed by atoms with Crippen molar-refractivity contribution in [2.24, 2.45) is 0 Å². The number of aromatic nitrogens is 4. The fourth-order valence-electron chi connectivity index (χ4n) is 2.15. The van der Waals surface area contributed by atoms with Crippen LogP contribution in [0.3, 0.4) is 0 Å². The zero-order chi connectivity index (χ0) is 16.1. The van der Waals surface area contributed by atoms with Gasteiger partial charge in [-0.15, -0.1) is 11.3 Å². The third kappa shape index (κ3) is 3.72. The van der Waals surface area contributed by atoms with E-state index in [4.69, 9.17) is 4.74 Å². The van der Waals surface area contributed by atoms with Gasteiger partial charge < -0.3 is 15.2 Å². The zero-order valence-electron chi connectivity index (χ0n) is 12.3. The molecular weight excluding hydrogens is 314 g/mol. The molecule has 0 fully saturated rings. The molecule has 0 aliphatic carbocycles. The monoisotopic (exact) mass is 328 g/mol. The fraction of sp³-hybridized carbons (Fsp3) is 0.200. The van der Waals surface area contributed by atoms with Crippen molar-refractivity contribution in [3.8, 4) is 5.75 Å². The highest BCUT2D eigenvalue weighted by molar-refractivity contribution is 7.09. The predicted octanol–water partition coefficient (Wildman–Crippen LogP) is 1.86. The number of ether oxygens (including phenoxy) is 1. The lowest BCUT2D eigenvalue weighted by atomic mass is 10.0. The maximum absolute atomic E-state index is 12.7. The number of carbonyl (C=O) groups is 1. The molecule has 1 amide bonds. The molecule has 0 unspecified atom stereocenters. The van der Waals surface area contributed by atoms with E-state index in [0.29, 0.717) is 23.7 Å². The van der Waals surface area contributed by atoms with Crippen LogP contribution in [0.2, 0.25) is 0 Å². The van der Waals surface area contributed by atoms with Crippen molar-refractivity contribution in [2.45, 2.75) is 12.3 Å². The number of hydrogen-bond acceptors (Lipinski definition) is 6. The minimum Gasteiger partial charge on any atom is -0.497 e. The Kier molecular flexibility index (Phi) is 4.62. The van der Waals surface area contributed by atoms with Crippen molar-refractivity contribution in [1.29, 1.82) is 0 Å². The van der Waals surface area contributed by atoms with Crippen LogP contribution in [0, 0.1) is 0 Å². The second-order valence-corrected chi connectivity index (χ2v) is 5.83. The first-order chi connectivity index (χ1) is 11.3. The highest BCUT2D eigenvalue weighted by atomic mass is 32.1. The normalized spacial score (nSPS) is 11.9. The lowest BCUT2D eigenvalue weighted by Gasteiger charge is -2.16. The van der Waals surface area contributed by atoms with Gasteiger partial charge in [0.15, 0.2) is 0 Å². The number of carbonyl (C=O) groups excluding carboxylic acids is 1. The molecule has 3 aromatic rings. The Labute approximate surface area is 136 Å². The first kappa shape index (κ1) is 15.2. The van der Waals surface area contributed by atoms with E-state index in [1.165, 1.54) is 0 Å². The molecule has 23 heavy (non-hydrogen) atoms. The number of benzene rings is 1. The fourth-order valence-corrected chi connectivity index (χ4v) is 2.90. The molecule has 0 saturated heterocycles. The average molecular weight is 328 g/mol. The van der Waals surface area contributed by atoms with E-state index in [1.807, 2.05) is 29.6 Å². The number of anilines is 1. The van der Waals surface area contributed by atoms with Gasteiger partial charge in [0.2, 0.25) is 5.91 Å². The quantitative estimate of drug-likeness (QED) is 0.743. The van der Waals surface area contributed by atoms with Gasteiger partial charge in [-0.25, -0.2) is 0 Å². The average Bonchev–Trinajstić information content (AvgIpc) is 3.26. The maximum atomic E-state index is 12.7. The van der Waals surface area contributed by atoms with Crippen LogP contribution >= 0.6 is 11.3 Å². The second-order valence-electron chi connectivity index (χ2n) is 4.79. The summed E-state index contributed by atoms with van der Waals surface area (Å²) in [5, 5.41) is 19.5. The molecule has 0 bridgehead atoms. The molecule has 3 rings (SSSR count). The van der Waals surface area contributed by atoms with E-state index in [9.17, 15) is 4.79 Å². The maximum Gasteiger partial charge on any atom is 0.232 e. The first-order valence-electron chi connectivity index (χ1n) is 6.92. The summed E-state index contributed by atoms with van der Waals surface area (Å²) < 4.78 is 5.16. The second kappa shape index (κ2) is 7.01.